The van der Waals surface area contributed by atoms with E-state index in [0.29, 0.717) is 17.0 Å². The van der Waals surface area contributed by atoms with E-state index in [1.54, 1.807) is 32.0 Å². The van der Waals surface area contributed by atoms with E-state index < -0.39 is 0 Å². The van der Waals surface area contributed by atoms with Crippen LogP contribution >= 0.6 is 11.6 Å². The van der Waals surface area contributed by atoms with Crippen molar-refractivity contribution in [2.45, 2.75) is 26.3 Å². The Bertz CT molecular complexity index is 437. The molecular weight excluding hydrogens is 224 g/mol. The zero-order chi connectivity index (χ0) is 12.1. The molecule has 0 aliphatic carbocycles. The molecule has 0 fully saturated rings. The largest absolute Gasteiger partial charge is 0.349 e. The van der Waals surface area contributed by atoms with Crippen LogP contribution in [0.4, 0.5) is 0 Å². The van der Waals surface area contributed by atoms with Gasteiger partial charge in [0.1, 0.15) is 0 Å². The van der Waals surface area contributed by atoms with Crippen molar-refractivity contribution in [3.63, 3.8) is 0 Å². The SMILES string of the molecule is Cc1c(Cl)cccc1C(=O)NC(C)CC#N. The number of carbonyl (C=O) groups is 1. The molecule has 4 heteroatoms. The van der Waals surface area contributed by atoms with Gasteiger partial charge >= 0.3 is 0 Å². The Balaban J connectivity index is 2.82. The van der Waals surface area contributed by atoms with E-state index in [-0.39, 0.29) is 11.9 Å². The molecule has 16 heavy (non-hydrogen) atoms. The molecule has 0 bridgehead atoms. The first-order valence-corrected chi connectivity index (χ1v) is 5.37. The summed E-state index contributed by atoms with van der Waals surface area (Å²) in [5.74, 6) is -0.192. The highest BCUT2D eigenvalue weighted by molar-refractivity contribution is 6.31. The van der Waals surface area contributed by atoms with Crippen molar-refractivity contribution in [2.24, 2.45) is 0 Å². The van der Waals surface area contributed by atoms with E-state index in [9.17, 15) is 4.79 Å². The smallest absolute Gasteiger partial charge is 0.251 e. The summed E-state index contributed by atoms with van der Waals surface area (Å²) >= 11 is 5.92. The molecule has 0 heterocycles. The van der Waals surface area contributed by atoms with Crippen LogP contribution in [0.3, 0.4) is 0 Å². The molecule has 0 radical (unpaired) electrons. The fourth-order valence-electron chi connectivity index (χ4n) is 1.34. The van der Waals surface area contributed by atoms with Crippen molar-refractivity contribution in [2.75, 3.05) is 0 Å². The highest BCUT2D eigenvalue weighted by Crippen LogP contribution is 2.18. The van der Waals surface area contributed by atoms with Crippen LogP contribution in [0.15, 0.2) is 18.2 Å². The number of rotatable bonds is 3. The average molecular weight is 237 g/mol. The lowest BCUT2D eigenvalue weighted by Gasteiger charge is -2.12. The second-order valence-corrected chi connectivity index (χ2v) is 4.06. The number of carbonyl (C=O) groups excluding carboxylic acids is 1. The summed E-state index contributed by atoms with van der Waals surface area (Å²) in [6.07, 6.45) is 0.297. The summed E-state index contributed by atoms with van der Waals surface area (Å²) in [6, 6.07) is 7.05. The third-order valence-corrected chi connectivity index (χ3v) is 2.70. The lowest BCUT2D eigenvalue weighted by molar-refractivity contribution is 0.0940. The maximum atomic E-state index is 11.8. The predicted molar refractivity (Wildman–Crippen MR) is 63.3 cm³/mol. The maximum Gasteiger partial charge on any atom is 0.251 e. The van der Waals surface area contributed by atoms with Crippen molar-refractivity contribution in [3.05, 3.63) is 34.3 Å². The Labute approximate surface area is 100 Å². The van der Waals surface area contributed by atoms with Gasteiger partial charge in [0, 0.05) is 16.6 Å². The van der Waals surface area contributed by atoms with Crippen LogP contribution in [-0.4, -0.2) is 11.9 Å². The summed E-state index contributed by atoms with van der Waals surface area (Å²) in [6.45, 7) is 3.59. The third-order valence-electron chi connectivity index (χ3n) is 2.29. The molecular formula is C12H13ClN2O. The van der Waals surface area contributed by atoms with Crippen molar-refractivity contribution in [3.8, 4) is 6.07 Å². The van der Waals surface area contributed by atoms with E-state index in [1.807, 2.05) is 6.07 Å². The summed E-state index contributed by atoms with van der Waals surface area (Å²) in [5, 5.41) is 11.8. The minimum atomic E-state index is -0.192. The normalized spacial score (nSPS) is 11.6. The number of hydrogen-bond acceptors (Lipinski definition) is 2. The fourth-order valence-corrected chi connectivity index (χ4v) is 1.52. The Kier molecular flexibility index (Phi) is 4.33. The highest BCUT2D eigenvalue weighted by atomic mass is 35.5. The average Bonchev–Trinajstić information content (AvgIpc) is 2.22. The second-order valence-electron chi connectivity index (χ2n) is 3.65. The van der Waals surface area contributed by atoms with E-state index in [0.717, 1.165) is 5.56 Å². The molecule has 0 saturated carbocycles. The number of halogens is 1. The molecule has 0 aliphatic heterocycles. The molecule has 1 N–H and O–H groups in total. The lowest BCUT2D eigenvalue weighted by atomic mass is 10.1. The number of nitriles is 1. The molecule has 1 amide bonds. The standard InChI is InChI=1S/C12H13ClN2O/c1-8(6-7-14)15-12(16)10-4-3-5-11(13)9(10)2/h3-5,8H,6H2,1-2H3,(H,15,16). The summed E-state index contributed by atoms with van der Waals surface area (Å²) in [7, 11) is 0. The Morgan fingerprint density at radius 1 is 1.62 bits per heavy atom. The Morgan fingerprint density at radius 3 is 2.94 bits per heavy atom. The molecule has 1 unspecified atom stereocenters. The molecule has 0 aliphatic rings. The fraction of sp³-hybridized carbons (Fsp3) is 0.333. The Hall–Kier alpha value is -1.53. The molecule has 1 aromatic carbocycles. The van der Waals surface area contributed by atoms with Crippen LogP contribution in [0.5, 0.6) is 0 Å². The molecule has 0 spiro atoms. The Morgan fingerprint density at radius 2 is 2.31 bits per heavy atom. The first kappa shape index (κ1) is 12.5. The summed E-state index contributed by atoms with van der Waals surface area (Å²) in [4.78, 5) is 11.8. The minimum absolute atomic E-state index is 0.157. The van der Waals surface area contributed by atoms with Gasteiger partial charge in [0.2, 0.25) is 0 Å². The quantitative estimate of drug-likeness (QED) is 0.877. The molecule has 1 rings (SSSR count). The molecule has 84 valence electrons. The van der Waals surface area contributed by atoms with Gasteiger partial charge in [-0.2, -0.15) is 5.26 Å². The zero-order valence-electron chi connectivity index (χ0n) is 9.25. The molecule has 1 aromatic rings. The van der Waals surface area contributed by atoms with Gasteiger partial charge in [0.05, 0.1) is 12.5 Å². The minimum Gasteiger partial charge on any atom is -0.349 e. The van der Waals surface area contributed by atoms with Crippen molar-refractivity contribution in [1.82, 2.24) is 5.32 Å². The number of hydrogen-bond donors (Lipinski definition) is 1. The molecule has 1 atom stereocenters. The van der Waals surface area contributed by atoms with Crippen LogP contribution < -0.4 is 5.32 Å². The number of benzene rings is 1. The van der Waals surface area contributed by atoms with Crippen LogP contribution in [0.1, 0.15) is 29.3 Å². The van der Waals surface area contributed by atoms with Crippen molar-refractivity contribution in [1.29, 1.82) is 5.26 Å². The van der Waals surface area contributed by atoms with Gasteiger partial charge in [-0.15, -0.1) is 0 Å². The topological polar surface area (TPSA) is 52.9 Å². The van der Waals surface area contributed by atoms with Crippen molar-refractivity contribution < 1.29 is 4.79 Å². The van der Waals surface area contributed by atoms with Crippen molar-refractivity contribution >= 4 is 17.5 Å². The molecule has 3 nitrogen and oxygen atoms in total. The van der Waals surface area contributed by atoms with Gasteiger partial charge in [0.15, 0.2) is 0 Å². The van der Waals surface area contributed by atoms with Gasteiger partial charge in [-0.25, -0.2) is 0 Å². The monoisotopic (exact) mass is 236 g/mol. The number of nitrogens with zero attached hydrogens (tertiary/aromatic N) is 1. The molecule has 0 saturated heterocycles. The molecule has 0 aromatic heterocycles. The van der Waals surface area contributed by atoms with Crippen LogP contribution in [0, 0.1) is 18.3 Å². The van der Waals surface area contributed by atoms with Crippen LogP contribution in [0.25, 0.3) is 0 Å². The first-order valence-electron chi connectivity index (χ1n) is 4.99. The zero-order valence-corrected chi connectivity index (χ0v) is 10.0. The van der Waals surface area contributed by atoms with Gasteiger partial charge in [0.25, 0.3) is 5.91 Å². The maximum absolute atomic E-state index is 11.8. The van der Waals surface area contributed by atoms with Gasteiger partial charge in [-0.05, 0) is 31.5 Å². The van der Waals surface area contributed by atoms with E-state index in [2.05, 4.69) is 5.32 Å². The number of nitrogens with one attached hydrogen (secondary N) is 1. The van der Waals surface area contributed by atoms with Gasteiger partial charge in [-0.3, -0.25) is 4.79 Å². The summed E-state index contributed by atoms with van der Waals surface area (Å²) < 4.78 is 0. The van der Waals surface area contributed by atoms with Gasteiger partial charge in [-0.1, -0.05) is 17.7 Å². The lowest BCUT2D eigenvalue weighted by Crippen LogP contribution is -2.32. The van der Waals surface area contributed by atoms with E-state index in [4.69, 9.17) is 16.9 Å². The third kappa shape index (κ3) is 2.98. The summed E-state index contributed by atoms with van der Waals surface area (Å²) in [5.41, 5.74) is 1.31. The highest BCUT2D eigenvalue weighted by Gasteiger charge is 2.12. The van der Waals surface area contributed by atoms with Crippen LogP contribution in [-0.2, 0) is 0 Å². The number of amides is 1. The second kappa shape index (κ2) is 5.53. The predicted octanol–water partition coefficient (Wildman–Crippen LogP) is 2.68. The van der Waals surface area contributed by atoms with E-state index >= 15 is 0 Å². The van der Waals surface area contributed by atoms with Gasteiger partial charge < -0.3 is 5.32 Å². The first-order chi connectivity index (χ1) is 7.56. The van der Waals surface area contributed by atoms with E-state index in [1.165, 1.54) is 0 Å². The van der Waals surface area contributed by atoms with Crippen LogP contribution in [0.2, 0.25) is 5.02 Å².